The molecule has 0 aliphatic carbocycles. The van der Waals surface area contributed by atoms with Crippen LogP contribution in [-0.2, 0) is 36.1 Å². The quantitative estimate of drug-likeness (QED) is 0.0921. The van der Waals surface area contributed by atoms with E-state index in [-0.39, 0.29) is 22.7 Å². The molecule has 12 nitrogen and oxygen atoms in total. The number of carbonyl (C=O) groups excluding carboxylic acids is 1. The number of carbonyl (C=O) groups is 1. The van der Waals surface area contributed by atoms with E-state index in [0.29, 0.717) is 63.9 Å². The minimum atomic E-state index is -3.12. The number of furan rings is 1. The summed E-state index contributed by atoms with van der Waals surface area (Å²) in [4.78, 5) is 30.9. The SMILES string of the molecule is CC(C)OCc1ccc(C(C)C)cc1.CC(C)c1ccc(C2=NC=NC2)cc1.CC(C)c1ccc(Cl)c(N2CCCC2=O)c1.CC(C)c1ccc(S(=O)(=O)C(C)C)cc1.CC(C)c1ncc(C(C)(C)C)o1.COC(C)c1nc(C(C)C)cs1.Cc1ccc(C(C)C)o1. The van der Waals surface area contributed by atoms with Crippen molar-refractivity contribution in [3.63, 3.8) is 0 Å². The van der Waals surface area contributed by atoms with Crippen LogP contribution in [0.3, 0.4) is 0 Å². The number of aliphatic imine (C=N–C) groups is 2. The minimum absolute atomic E-state index is 0.0696. The largest absolute Gasteiger partial charge is 0.466 e. The van der Waals surface area contributed by atoms with Gasteiger partial charge in [0.05, 0.1) is 57.7 Å². The zero-order chi connectivity index (χ0) is 69.2. The number of methoxy groups -OCH3 is 1. The molecule has 4 aromatic carbocycles. The first kappa shape index (κ1) is 80.2. The lowest BCUT2D eigenvalue weighted by molar-refractivity contribution is -0.117. The van der Waals surface area contributed by atoms with Gasteiger partial charge in [0.25, 0.3) is 0 Å². The van der Waals surface area contributed by atoms with Crippen LogP contribution in [0.1, 0.15) is 280 Å². The molecule has 2 aliphatic heterocycles. The molecular formula is C77H112ClN5O7S2. The monoisotopic (exact) mass is 1320 g/mol. The Labute approximate surface area is 564 Å². The van der Waals surface area contributed by atoms with Crippen LogP contribution in [0.4, 0.5) is 5.69 Å². The summed E-state index contributed by atoms with van der Waals surface area (Å²) in [5, 5.41) is 3.48. The second kappa shape index (κ2) is 39.0. The second-order valence-corrected chi connectivity index (χ2v) is 30.9. The number of hydrogen-bond acceptors (Lipinski definition) is 12. The maximum absolute atomic E-state index is 11.8. The number of aryl methyl sites for hydroxylation is 1. The van der Waals surface area contributed by atoms with Crippen LogP contribution in [0.15, 0.2) is 138 Å². The molecule has 0 radical (unpaired) electrons. The average Bonchev–Trinajstić information content (AvgIpc) is 1.35. The van der Waals surface area contributed by atoms with Crippen molar-refractivity contribution in [3.05, 3.63) is 187 Å². The molecule has 1 fully saturated rings. The highest BCUT2D eigenvalue weighted by Crippen LogP contribution is 2.33. The molecule has 506 valence electrons. The van der Waals surface area contributed by atoms with Crippen LogP contribution in [0.5, 0.6) is 0 Å². The van der Waals surface area contributed by atoms with E-state index in [1.54, 1.807) is 55.7 Å². The van der Waals surface area contributed by atoms with E-state index in [0.717, 1.165) is 71.3 Å². The summed E-state index contributed by atoms with van der Waals surface area (Å²) in [5.74, 6) is 7.54. The number of nitrogens with zero attached hydrogens (tertiary/aromatic N) is 5. The highest BCUT2D eigenvalue weighted by molar-refractivity contribution is 7.92. The van der Waals surface area contributed by atoms with Gasteiger partial charge in [-0.1, -0.05) is 196 Å². The maximum atomic E-state index is 11.8. The fraction of sp³-hybridized carbons (Fsp3) is 0.519. The first-order valence-corrected chi connectivity index (χ1v) is 35.7. The molecule has 0 spiro atoms. The summed E-state index contributed by atoms with van der Waals surface area (Å²) >= 11 is 7.83. The standard InChI is InChI=1S/C13H16ClNO.C13H20O.C12H14N2.C12H18O2S.C10H17NO.C9H15NOS.C8H12O/c1-9(2)10-5-6-11(14)12(8-10)15-7-3-4-13(15)16;1-10(2)13-7-5-12(6-8-13)9-14-11(3)4;1-9(2)10-3-5-11(6-4-10)12-7-13-8-14-12;1-9(2)11-5-7-12(8-6-11)15(13,14)10(3)4;1-7(2)9-11-6-8(12-9)10(3,4)5;1-6(2)8-5-12-9(10-8)7(3)11-4;1-6(2)8-5-4-7(3)9-8/h5-6,8-9H,3-4,7H2,1-2H3;5-8,10-11H,9H2,1-4H3;3-6,8-9H,7H2,1-2H3;5-10H,1-4H3;6-7H,1-5H3;5-7H,1-4H3;4-6H,1-3H3. The topological polar surface area (TPSA) is 150 Å². The molecule has 5 heterocycles. The molecule has 15 heteroatoms. The number of benzene rings is 4. The van der Waals surface area contributed by atoms with Crippen molar-refractivity contribution < 1.29 is 31.5 Å². The fourth-order valence-corrected chi connectivity index (χ4v) is 10.9. The second-order valence-electron chi connectivity index (χ2n) is 27.1. The Hall–Kier alpha value is -6.03. The van der Waals surface area contributed by atoms with Gasteiger partial charge in [0.2, 0.25) is 5.91 Å². The van der Waals surface area contributed by atoms with Crippen molar-refractivity contribution in [2.24, 2.45) is 9.98 Å². The van der Waals surface area contributed by atoms with Crippen LogP contribution >= 0.6 is 22.9 Å². The van der Waals surface area contributed by atoms with Gasteiger partial charge in [-0.2, -0.15) is 0 Å². The maximum Gasteiger partial charge on any atom is 0.227 e. The number of thiazole rings is 1. The van der Waals surface area contributed by atoms with Crippen LogP contribution in [-0.4, -0.2) is 67.9 Å². The Morgan fingerprint density at radius 2 is 1.21 bits per heavy atom. The van der Waals surface area contributed by atoms with E-state index < -0.39 is 9.84 Å². The Morgan fingerprint density at radius 3 is 1.59 bits per heavy atom. The van der Waals surface area contributed by atoms with E-state index in [1.807, 2.05) is 62.5 Å². The van der Waals surface area contributed by atoms with Gasteiger partial charge < -0.3 is 23.2 Å². The van der Waals surface area contributed by atoms with E-state index in [2.05, 4.69) is 205 Å². The number of hydrogen-bond donors (Lipinski definition) is 0. The van der Waals surface area contributed by atoms with Crippen molar-refractivity contribution in [2.75, 3.05) is 25.1 Å². The zero-order valence-corrected chi connectivity index (χ0v) is 62.5. The number of anilines is 1. The van der Waals surface area contributed by atoms with Crippen molar-refractivity contribution in [3.8, 4) is 0 Å². The summed E-state index contributed by atoms with van der Waals surface area (Å²) in [6.45, 7) is 50.1. The van der Waals surface area contributed by atoms with Crippen molar-refractivity contribution in [1.29, 1.82) is 0 Å². The van der Waals surface area contributed by atoms with E-state index in [9.17, 15) is 13.2 Å². The summed E-state index contributed by atoms with van der Waals surface area (Å²) in [5.41, 5.74) is 10.8. The van der Waals surface area contributed by atoms with Gasteiger partial charge >= 0.3 is 0 Å². The van der Waals surface area contributed by atoms with Crippen molar-refractivity contribution in [2.45, 2.75) is 248 Å². The zero-order valence-electron chi connectivity index (χ0n) is 60.1. The van der Waals surface area contributed by atoms with Crippen LogP contribution < -0.4 is 4.90 Å². The van der Waals surface area contributed by atoms with Crippen molar-refractivity contribution >= 4 is 56.4 Å². The third-order valence-electron chi connectivity index (χ3n) is 15.1. The van der Waals surface area contributed by atoms with Crippen LogP contribution in [0, 0.1) is 6.92 Å². The molecule has 1 saturated heterocycles. The van der Waals surface area contributed by atoms with Crippen molar-refractivity contribution in [1.82, 2.24) is 9.97 Å². The lowest BCUT2D eigenvalue weighted by Gasteiger charge is -2.19. The van der Waals surface area contributed by atoms with E-state index in [4.69, 9.17) is 29.9 Å². The number of oxazole rings is 1. The smallest absolute Gasteiger partial charge is 0.227 e. The molecule has 0 bridgehead atoms. The lowest BCUT2D eigenvalue weighted by atomic mass is 9.94. The molecule has 3 aromatic heterocycles. The van der Waals surface area contributed by atoms with Gasteiger partial charge in [0.1, 0.15) is 34.7 Å². The highest BCUT2D eigenvalue weighted by atomic mass is 35.5. The Morgan fingerprint density at radius 1 is 0.663 bits per heavy atom. The predicted octanol–water partition coefficient (Wildman–Crippen LogP) is 21.7. The Kier molecular flexibility index (Phi) is 34.0. The fourth-order valence-electron chi connectivity index (χ4n) is 8.60. The van der Waals surface area contributed by atoms with Gasteiger partial charge in [0, 0.05) is 42.7 Å². The summed E-state index contributed by atoms with van der Waals surface area (Å²) < 4.78 is 45.3. The highest BCUT2D eigenvalue weighted by Gasteiger charge is 2.25. The molecule has 1 unspecified atom stereocenters. The molecule has 0 saturated carbocycles. The molecule has 2 aliphatic rings. The molecule has 1 atom stereocenters. The third kappa shape index (κ3) is 27.1. The Bertz CT molecular complexity index is 3420. The minimum Gasteiger partial charge on any atom is -0.466 e. The third-order valence-corrected chi connectivity index (χ3v) is 18.6. The van der Waals surface area contributed by atoms with Gasteiger partial charge in [-0.15, -0.1) is 11.3 Å². The molecule has 7 aromatic rings. The van der Waals surface area contributed by atoms with Gasteiger partial charge in [-0.25, -0.2) is 23.4 Å². The number of rotatable bonds is 16. The lowest BCUT2D eigenvalue weighted by Crippen LogP contribution is -2.24. The number of sulfone groups is 1. The molecular weight excluding hydrogens is 1210 g/mol. The normalized spacial score (nSPS) is 13.3. The van der Waals surface area contributed by atoms with Gasteiger partial charge in [0.15, 0.2) is 15.7 Å². The first-order chi connectivity index (χ1) is 43.1. The number of amides is 1. The summed E-state index contributed by atoms with van der Waals surface area (Å²) in [7, 11) is -1.41. The summed E-state index contributed by atoms with van der Waals surface area (Å²) in [6, 6.07) is 34.4. The van der Waals surface area contributed by atoms with Crippen LogP contribution in [0.2, 0.25) is 5.02 Å². The average molecular weight is 1320 g/mol. The van der Waals surface area contributed by atoms with Crippen LogP contribution in [0.25, 0.3) is 0 Å². The Balaban J connectivity index is 0.000000282. The van der Waals surface area contributed by atoms with Gasteiger partial charge in [-0.3, -0.25) is 9.79 Å². The summed E-state index contributed by atoms with van der Waals surface area (Å²) in [6.07, 6.45) is 5.46. The number of aromatic nitrogens is 2. The molecule has 9 rings (SSSR count). The first-order valence-electron chi connectivity index (χ1n) is 32.9. The molecule has 92 heavy (non-hydrogen) atoms. The van der Waals surface area contributed by atoms with E-state index >= 15 is 0 Å². The van der Waals surface area contributed by atoms with Gasteiger partial charge in [-0.05, 0) is 147 Å². The number of halogens is 1. The number of ether oxygens (including phenoxy) is 2. The molecule has 1 amide bonds. The molecule has 0 N–H and O–H groups in total. The predicted molar refractivity (Wildman–Crippen MR) is 389 cm³/mol. The van der Waals surface area contributed by atoms with E-state index in [1.165, 1.54) is 33.5 Å².